The zero-order chi connectivity index (χ0) is 8.27. The van der Waals surface area contributed by atoms with Gasteiger partial charge in [-0.1, -0.05) is 12.2 Å². The number of hydrogen-bond acceptors (Lipinski definition) is 2. The average Bonchev–Trinajstić information content (AvgIpc) is 2.37. The lowest BCUT2D eigenvalue weighted by Crippen LogP contribution is -2.18. The fourth-order valence-electron chi connectivity index (χ4n) is 1.37. The molecular weight excluding hydrogens is 142 g/mol. The normalized spacial score (nSPS) is 29.2. The van der Waals surface area contributed by atoms with Gasteiger partial charge in [-0.2, -0.15) is 0 Å². The van der Waals surface area contributed by atoms with Gasteiger partial charge in [0, 0.05) is 6.54 Å². The molecule has 3 heteroatoms. The van der Waals surface area contributed by atoms with Gasteiger partial charge < -0.3 is 10.4 Å². The van der Waals surface area contributed by atoms with Gasteiger partial charge >= 0.3 is 5.97 Å². The lowest BCUT2D eigenvalue weighted by atomic mass is 10.0. The zero-order valence-corrected chi connectivity index (χ0v) is 6.58. The van der Waals surface area contributed by atoms with Gasteiger partial charge in [0.2, 0.25) is 0 Å². The molecule has 62 valence electrons. The Balaban J connectivity index is 2.36. The standard InChI is InChI=1S/C8H13NO2/c1-9-5-6-2-3-7(4-6)8(10)11/h2-3,6-7,9H,4-5H2,1H3,(H,10,11). The van der Waals surface area contributed by atoms with Gasteiger partial charge in [-0.25, -0.2) is 0 Å². The fraction of sp³-hybridized carbons (Fsp3) is 0.625. The Labute approximate surface area is 66.1 Å². The number of hydrogen-bond donors (Lipinski definition) is 2. The van der Waals surface area contributed by atoms with Gasteiger partial charge in [0.15, 0.2) is 0 Å². The predicted octanol–water partition coefficient (Wildman–Crippen LogP) is 0.483. The summed E-state index contributed by atoms with van der Waals surface area (Å²) >= 11 is 0. The van der Waals surface area contributed by atoms with E-state index in [1.165, 1.54) is 0 Å². The van der Waals surface area contributed by atoms with Gasteiger partial charge in [-0.05, 0) is 19.4 Å². The molecule has 0 amide bonds. The first-order valence-corrected chi connectivity index (χ1v) is 3.79. The Bertz CT molecular complexity index is 177. The van der Waals surface area contributed by atoms with Gasteiger partial charge in [-0.15, -0.1) is 0 Å². The van der Waals surface area contributed by atoms with E-state index in [-0.39, 0.29) is 5.92 Å². The van der Waals surface area contributed by atoms with Crippen molar-refractivity contribution in [2.24, 2.45) is 11.8 Å². The van der Waals surface area contributed by atoms with Crippen molar-refractivity contribution >= 4 is 5.97 Å². The molecule has 2 unspecified atom stereocenters. The van der Waals surface area contributed by atoms with Crippen molar-refractivity contribution in [2.75, 3.05) is 13.6 Å². The number of aliphatic carboxylic acids is 1. The van der Waals surface area contributed by atoms with E-state index in [1.807, 2.05) is 13.1 Å². The minimum absolute atomic E-state index is 0.256. The molecule has 1 aliphatic carbocycles. The van der Waals surface area contributed by atoms with Crippen molar-refractivity contribution in [3.05, 3.63) is 12.2 Å². The van der Waals surface area contributed by atoms with E-state index in [0.29, 0.717) is 5.92 Å². The highest BCUT2D eigenvalue weighted by atomic mass is 16.4. The van der Waals surface area contributed by atoms with Crippen LogP contribution in [0.3, 0.4) is 0 Å². The van der Waals surface area contributed by atoms with Crippen LogP contribution < -0.4 is 5.32 Å². The third kappa shape index (κ3) is 2.05. The van der Waals surface area contributed by atoms with Crippen LogP contribution in [0.4, 0.5) is 0 Å². The molecule has 0 aromatic carbocycles. The Hall–Kier alpha value is -0.830. The van der Waals surface area contributed by atoms with Gasteiger partial charge in [0.05, 0.1) is 5.92 Å². The van der Waals surface area contributed by atoms with E-state index in [2.05, 4.69) is 5.32 Å². The number of carboxylic acids is 1. The lowest BCUT2D eigenvalue weighted by Gasteiger charge is -2.07. The molecule has 0 aromatic heterocycles. The second kappa shape index (κ2) is 3.53. The number of rotatable bonds is 3. The summed E-state index contributed by atoms with van der Waals surface area (Å²) in [4.78, 5) is 10.5. The van der Waals surface area contributed by atoms with Crippen LogP contribution in [0.5, 0.6) is 0 Å². The first-order chi connectivity index (χ1) is 5.24. The monoisotopic (exact) mass is 155 g/mol. The molecule has 0 aromatic rings. The first-order valence-electron chi connectivity index (χ1n) is 3.79. The molecular formula is C8H13NO2. The highest BCUT2D eigenvalue weighted by molar-refractivity contribution is 5.72. The average molecular weight is 155 g/mol. The molecule has 0 fully saturated rings. The molecule has 3 nitrogen and oxygen atoms in total. The summed E-state index contributed by atoms with van der Waals surface area (Å²) in [5.74, 6) is -0.561. The van der Waals surface area contributed by atoms with Crippen molar-refractivity contribution in [3.8, 4) is 0 Å². The number of nitrogens with one attached hydrogen (secondary N) is 1. The zero-order valence-electron chi connectivity index (χ0n) is 6.58. The van der Waals surface area contributed by atoms with E-state index in [9.17, 15) is 4.79 Å². The Morgan fingerprint density at radius 3 is 2.91 bits per heavy atom. The molecule has 1 rings (SSSR count). The molecule has 11 heavy (non-hydrogen) atoms. The third-order valence-electron chi connectivity index (χ3n) is 1.96. The highest BCUT2D eigenvalue weighted by Crippen LogP contribution is 2.22. The summed E-state index contributed by atoms with van der Waals surface area (Å²) in [6.45, 7) is 0.875. The quantitative estimate of drug-likeness (QED) is 0.583. The lowest BCUT2D eigenvalue weighted by molar-refractivity contribution is -0.140. The Kier molecular flexibility index (Phi) is 2.65. The van der Waals surface area contributed by atoms with Crippen LogP contribution in [0.2, 0.25) is 0 Å². The SMILES string of the molecule is CNCC1C=CC(C(=O)O)C1. The van der Waals surface area contributed by atoms with Crippen molar-refractivity contribution in [1.82, 2.24) is 5.32 Å². The molecule has 0 saturated carbocycles. The van der Waals surface area contributed by atoms with E-state index in [1.54, 1.807) is 6.08 Å². The largest absolute Gasteiger partial charge is 0.481 e. The maximum atomic E-state index is 10.5. The summed E-state index contributed by atoms with van der Waals surface area (Å²) in [5.41, 5.74) is 0. The van der Waals surface area contributed by atoms with Crippen LogP contribution in [0.15, 0.2) is 12.2 Å². The van der Waals surface area contributed by atoms with Crippen LogP contribution in [0, 0.1) is 11.8 Å². The van der Waals surface area contributed by atoms with Crippen LogP contribution >= 0.6 is 0 Å². The molecule has 2 atom stereocenters. The van der Waals surface area contributed by atoms with Gasteiger partial charge in [0.25, 0.3) is 0 Å². The molecule has 0 spiro atoms. The molecule has 0 aliphatic heterocycles. The first kappa shape index (κ1) is 8.27. The summed E-state index contributed by atoms with van der Waals surface area (Å²) < 4.78 is 0. The topological polar surface area (TPSA) is 49.3 Å². The minimum Gasteiger partial charge on any atom is -0.481 e. The van der Waals surface area contributed by atoms with E-state index < -0.39 is 5.97 Å². The molecule has 1 aliphatic rings. The van der Waals surface area contributed by atoms with E-state index in [0.717, 1.165) is 13.0 Å². The van der Waals surface area contributed by atoms with E-state index in [4.69, 9.17) is 5.11 Å². The van der Waals surface area contributed by atoms with Crippen LogP contribution in [-0.4, -0.2) is 24.7 Å². The van der Waals surface area contributed by atoms with Gasteiger partial charge in [-0.3, -0.25) is 4.79 Å². The second-order valence-corrected chi connectivity index (χ2v) is 2.88. The predicted molar refractivity (Wildman–Crippen MR) is 42.3 cm³/mol. The summed E-state index contributed by atoms with van der Waals surface area (Å²) in [7, 11) is 1.88. The van der Waals surface area contributed by atoms with Crippen LogP contribution in [-0.2, 0) is 4.79 Å². The highest BCUT2D eigenvalue weighted by Gasteiger charge is 2.23. The molecule has 0 heterocycles. The third-order valence-corrected chi connectivity index (χ3v) is 1.96. The fourth-order valence-corrected chi connectivity index (χ4v) is 1.37. The molecule has 2 N–H and O–H groups in total. The van der Waals surface area contributed by atoms with Crippen LogP contribution in [0.1, 0.15) is 6.42 Å². The number of carboxylic acid groups (broad SMARTS) is 1. The van der Waals surface area contributed by atoms with E-state index >= 15 is 0 Å². The number of carbonyl (C=O) groups is 1. The van der Waals surface area contributed by atoms with Crippen LogP contribution in [0.25, 0.3) is 0 Å². The van der Waals surface area contributed by atoms with Crippen molar-refractivity contribution in [2.45, 2.75) is 6.42 Å². The van der Waals surface area contributed by atoms with Crippen molar-refractivity contribution in [1.29, 1.82) is 0 Å². The summed E-state index contributed by atoms with van der Waals surface area (Å²) in [6.07, 6.45) is 4.51. The van der Waals surface area contributed by atoms with Crippen molar-refractivity contribution in [3.63, 3.8) is 0 Å². The van der Waals surface area contributed by atoms with Crippen molar-refractivity contribution < 1.29 is 9.90 Å². The maximum absolute atomic E-state index is 10.5. The maximum Gasteiger partial charge on any atom is 0.310 e. The Morgan fingerprint density at radius 1 is 1.73 bits per heavy atom. The Morgan fingerprint density at radius 2 is 2.45 bits per heavy atom. The van der Waals surface area contributed by atoms with Gasteiger partial charge in [0.1, 0.15) is 0 Å². The molecule has 0 bridgehead atoms. The second-order valence-electron chi connectivity index (χ2n) is 2.88. The minimum atomic E-state index is -0.708. The smallest absolute Gasteiger partial charge is 0.310 e. The molecule has 0 saturated heterocycles. The molecule has 0 radical (unpaired) electrons. The summed E-state index contributed by atoms with van der Waals surface area (Å²) in [6, 6.07) is 0. The summed E-state index contributed by atoms with van der Waals surface area (Å²) in [5, 5.41) is 11.7.